The molecule has 0 N–H and O–H groups in total. The van der Waals surface area contributed by atoms with Gasteiger partial charge in [-0.25, -0.2) is 8.42 Å². The zero-order chi connectivity index (χ0) is 12.6. The molecule has 2 heterocycles. The lowest BCUT2D eigenvalue weighted by Gasteiger charge is -2.11. The summed E-state index contributed by atoms with van der Waals surface area (Å²) in [6, 6.07) is 0.948. The van der Waals surface area contributed by atoms with Crippen molar-refractivity contribution < 1.29 is 18.2 Å². The van der Waals surface area contributed by atoms with E-state index in [9.17, 15) is 18.5 Å². The first kappa shape index (κ1) is 12.7. The van der Waals surface area contributed by atoms with Crippen LogP contribution in [-0.4, -0.2) is 31.0 Å². The van der Waals surface area contributed by atoms with E-state index in [0.717, 1.165) is 10.5 Å². The van der Waals surface area contributed by atoms with Crippen molar-refractivity contribution in [3.05, 3.63) is 20.5 Å². The number of sulfonamides is 1. The van der Waals surface area contributed by atoms with E-state index in [1.807, 2.05) is 0 Å². The van der Waals surface area contributed by atoms with Crippen LogP contribution in [0.25, 0.3) is 0 Å². The summed E-state index contributed by atoms with van der Waals surface area (Å²) in [5.74, 6) is 0. The highest BCUT2D eigenvalue weighted by atomic mass is 35.5. The number of hydrogen-bond donors (Lipinski definition) is 0. The van der Waals surface area contributed by atoms with Gasteiger partial charge >= 0.3 is 0 Å². The van der Waals surface area contributed by atoms with E-state index in [4.69, 9.17) is 16.4 Å². The highest BCUT2D eigenvalue weighted by Gasteiger charge is 2.33. The quantitative estimate of drug-likeness (QED) is 0.625. The summed E-state index contributed by atoms with van der Waals surface area (Å²) in [7, 11) is -3.83. The summed E-state index contributed by atoms with van der Waals surface area (Å²) in [5.41, 5.74) is -0.408. The molecular formula is C7H7ClN2O5S2. The minimum absolute atomic E-state index is 0.159. The second-order valence-corrected chi connectivity index (χ2v) is 6.91. The Hall–Kier alpha value is -0.740. The lowest BCUT2D eigenvalue weighted by atomic mass is 10.5. The number of thiophene rings is 1. The van der Waals surface area contributed by atoms with Crippen molar-refractivity contribution in [2.75, 3.05) is 13.2 Å². The normalized spacial score (nSPS) is 17.5. The van der Waals surface area contributed by atoms with Gasteiger partial charge in [-0.1, -0.05) is 16.1 Å². The van der Waals surface area contributed by atoms with Crippen molar-refractivity contribution in [2.24, 2.45) is 0 Å². The number of nitrogens with zero attached hydrogens (tertiary/aromatic N) is 2. The Kier molecular flexibility index (Phi) is 3.36. The molecule has 1 aromatic heterocycles. The van der Waals surface area contributed by atoms with Crippen LogP contribution in [0.15, 0.2) is 10.3 Å². The van der Waals surface area contributed by atoms with Crippen molar-refractivity contribution in [3.8, 4) is 0 Å². The van der Waals surface area contributed by atoms with E-state index in [0.29, 0.717) is 24.4 Å². The van der Waals surface area contributed by atoms with Crippen LogP contribution in [0.1, 0.15) is 6.42 Å². The molecule has 0 amide bonds. The van der Waals surface area contributed by atoms with Gasteiger partial charge < -0.3 is 0 Å². The maximum atomic E-state index is 12.0. The van der Waals surface area contributed by atoms with Crippen LogP contribution < -0.4 is 0 Å². The molecular weight excluding hydrogens is 292 g/mol. The van der Waals surface area contributed by atoms with Crippen LogP contribution in [0, 0.1) is 10.1 Å². The van der Waals surface area contributed by atoms with Crippen LogP contribution in [-0.2, 0) is 14.9 Å². The van der Waals surface area contributed by atoms with Gasteiger partial charge in [0.25, 0.3) is 15.7 Å². The second-order valence-electron chi connectivity index (χ2n) is 3.20. The van der Waals surface area contributed by atoms with Gasteiger partial charge in [-0.3, -0.25) is 15.0 Å². The van der Waals surface area contributed by atoms with Gasteiger partial charge in [0.1, 0.15) is 4.21 Å². The molecule has 94 valence electrons. The van der Waals surface area contributed by atoms with Gasteiger partial charge in [0, 0.05) is 12.6 Å². The molecule has 0 unspecified atom stereocenters. The topological polar surface area (TPSA) is 89.8 Å². The van der Waals surface area contributed by atoms with Crippen molar-refractivity contribution in [1.82, 2.24) is 4.47 Å². The van der Waals surface area contributed by atoms with E-state index in [1.165, 1.54) is 0 Å². The summed E-state index contributed by atoms with van der Waals surface area (Å²) >= 11 is 6.26. The minimum atomic E-state index is -3.83. The van der Waals surface area contributed by atoms with Gasteiger partial charge in [-0.15, -0.1) is 11.3 Å². The van der Waals surface area contributed by atoms with Gasteiger partial charge in [0.2, 0.25) is 0 Å². The Labute approximate surface area is 106 Å². The predicted molar refractivity (Wildman–Crippen MR) is 60.4 cm³/mol. The molecule has 1 fully saturated rings. The Morgan fingerprint density at radius 1 is 1.59 bits per heavy atom. The van der Waals surface area contributed by atoms with Crippen LogP contribution in [0.2, 0.25) is 4.34 Å². The summed E-state index contributed by atoms with van der Waals surface area (Å²) in [4.78, 5) is 14.8. The summed E-state index contributed by atoms with van der Waals surface area (Å²) in [6.45, 7) is 0.562. The van der Waals surface area contributed by atoms with E-state index >= 15 is 0 Å². The van der Waals surface area contributed by atoms with Crippen molar-refractivity contribution in [1.29, 1.82) is 0 Å². The van der Waals surface area contributed by atoms with Crippen LogP contribution >= 0.6 is 22.9 Å². The molecule has 1 saturated heterocycles. The second kappa shape index (κ2) is 4.50. The molecule has 1 aromatic rings. The smallest absolute Gasteiger partial charge is 0.284 e. The number of nitro groups is 1. The van der Waals surface area contributed by atoms with E-state index in [1.54, 1.807) is 0 Å². The fourth-order valence-electron chi connectivity index (χ4n) is 1.30. The molecule has 1 aliphatic heterocycles. The third-order valence-electron chi connectivity index (χ3n) is 2.09. The molecule has 0 bridgehead atoms. The maximum absolute atomic E-state index is 12.0. The average Bonchev–Trinajstić information content (AvgIpc) is 2.84. The lowest BCUT2D eigenvalue weighted by Crippen LogP contribution is -2.25. The average molecular weight is 299 g/mol. The first-order chi connectivity index (χ1) is 7.93. The fourth-order valence-corrected chi connectivity index (χ4v) is 4.36. The molecule has 17 heavy (non-hydrogen) atoms. The molecule has 7 nitrogen and oxygen atoms in total. The summed E-state index contributed by atoms with van der Waals surface area (Å²) in [6.07, 6.45) is 0.598. The van der Waals surface area contributed by atoms with Crippen LogP contribution in [0.3, 0.4) is 0 Å². The Morgan fingerprint density at radius 3 is 2.76 bits per heavy atom. The standard InChI is InChI=1S/C7H7ClN2O5S2/c8-7-5(10(11)12)4-6(16-7)17(13,14)9-2-1-3-15-9/h4H,1-3H2. The van der Waals surface area contributed by atoms with E-state index in [2.05, 4.69) is 0 Å². The largest absolute Gasteiger partial charge is 0.300 e. The van der Waals surface area contributed by atoms with Crippen molar-refractivity contribution >= 4 is 38.6 Å². The molecule has 10 heteroatoms. The molecule has 0 spiro atoms. The number of rotatable bonds is 3. The van der Waals surface area contributed by atoms with Gasteiger partial charge in [0.15, 0.2) is 4.34 Å². The molecule has 0 aliphatic carbocycles. The Balaban J connectivity index is 2.40. The van der Waals surface area contributed by atoms with E-state index in [-0.39, 0.29) is 15.1 Å². The highest BCUT2D eigenvalue weighted by molar-refractivity contribution is 7.91. The minimum Gasteiger partial charge on any atom is -0.284 e. The monoisotopic (exact) mass is 298 g/mol. The lowest BCUT2D eigenvalue weighted by molar-refractivity contribution is -0.384. The van der Waals surface area contributed by atoms with Gasteiger partial charge in [0.05, 0.1) is 11.5 Å². The number of halogens is 1. The zero-order valence-corrected chi connectivity index (χ0v) is 10.7. The molecule has 2 rings (SSSR count). The predicted octanol–water partition coefficient (Wildman–Crippen LogP) is 1.64. The zero-order valence-electron chi connectivity index (χ0n) is 8.33. The van der Waals surface area contributed by atoms with Crippen LogP contribution in [0.4, 0.5) is 5.69 Å². The van der Waals surface area contributed by atoms with E-state index < -0.39 is 20.6 Å². The Bertz CT molecular complexity index is 549. The number of hydroxylamine groups is 1. The first-order valence-electron chi connectivity index (χ1n) is 4.52. The molecule has 0 radical (unpaired) electrons. The number of hydrogen-bond acceptors (Lipinski definition) is 6. The van der Waals surface area contributed by atoms with Crippen LogP contribution in [0.5, 0.6) is 0 Å². The van der Waals surface area contributed by atoms with Crippen molar-refractivity contribution in [3.63, 3.8) is 0 Å². The highest BCUT2D eigenvalue weighted by Crippen LogP contribution is 2.37. The van der Waals surface area contributed by atoms with Gasteiger partial charge in [-0.05, 0) is 6.42 Å². The maximum Gasteiger partial charge on any atom is 0.300 e. The Morgan fingerprint density at radius 2 is 2.29 bits per heavy atom. The molecule has 0 aromatic carbocycles. The third kappa shape index (κ3) is 2.29. The molecule has 0 atom stereocenters. The van der Waals surface area contributed by atoms with Crippen molar-refractivity contribution in [2.45, 2.75) is 10.6 Å². The third-order valence-corrected chi connectivity index (χ3v) is 5.55. The summed E-state index contributed by atoms with van der Waals surface area (Å²) < 4.78 is 24.4. The molecule has 1 aliphatic rings. The SMILES string of the molecule is O=[N+]([O-])c1cc(S(=O)(=O)N2CCCO2)sc1Cl. The fraction of sp³-hybridized carbons (Fsp3) is 0.429. The van der Waals surface area contributed by atoms with Gasteiger partial charge in [-0.2, -0.15) is 0 Å². The summed E-state index contributed by atoms with van der Waals surface area (Å²) in [5, 5.41) is 10.6. The first-order valence-corrected chi connectivity index (χ1v) is 7.16. The molecule has 0 saturated carbocycles.